The lowest BCUT2D eigenvalue weighted by Gasteiger charge is -2.08. The van der Waals surface area contributed by atoms with Gasteiger partial charge in [-0.3, -0.25) is 14.8 Å². The molecular formula is C21H16N4O3. The predicted molar refractivity (Wildman–Crippen MR) is 103 cm³/mol. The van der Waals surface area contributed by atoms with E-state index in [0.717, 1.165) is 5.69 Å². The van der Waals surface area contributed by atoms with Crippen molar-refractivity contribution in [2.75, 3.05) is 5.32 Å². The lowest BCUT2D eigenvalue weighted by Crippen LogP contribution is -2.14. The first-order chi connectivity index (χ1) is 13.8. The van der Waals surface area contributed by atoms with Gasteiger partial charge < -0.3 is 14.5 Å². The van der Waals surface area contributed by atoms with E-state index < -0.39 is 0 Å². The van der Waals surface area contributed by atoms with Crippen molar-refractivity contribution in [3.05, 3.63) is 85.3 Å². The van der Waals surface area contributed by atoms with Gasteiger partial charge in [0.15, 0.2) is 6.39 Å². The van der Waals surface area contributed by atoms with E-state index in [1.807, 2.05) is 18.2 Å². The molecule has 0 saturated carbocycles. The van der Waals surface area contributed by atoms with Crippen LogP contribution in [0.3, 0.4) is 0 Å². The van der Waals surface area contributed by atoms with Gasteiger partial charge in [0.2, 0.25) is 5.91 Å². The number of carbonyl (C=O) groups excluding carboxylic acids is 1. The van der Waals surface area contributed by atoms with E-state index in [1.54, 1.807) is 48.8 Å². The lowest BCUT2D eigenvalue weighted by atomic mass is 10.2. The fourth-order valence-electron chi connectivity index (χ4n) is 2.57. The molecule has 0 atom stereocenters. The minimum Gasteiger partial charge on any atom is -0.457 e. The second kappa shape index (κ2) is 8.13. The molecule has 7 nitrogen and oxygen atoms in total. The van der Waals surface area contributed by atoms with Crippen LogP contribution in [0, 0.1) is 0 Å². The summed E-state index contributed by atoms with van der Waals surface area (Å²) < 4.78 is 10.8. The van der Waals surface area contributed by atoms with Crippen molar-refractivity contribution >= 4 is 11.6 Å². The van der Waals surface area contributed by atoms with Crippen LogP contribution in [0.1, 0.15) is 5.69 Å². The van der Waals surface area contributed by atoms with E-state index in [-0.39, 0.29) is 12.3 Å². The second-order valence-corrected chi connectivity index (χ2v) is 5.92. The van der Waals surface area contributed by atoms with Crippen molar-refractivity contribution < 1.29 is 13.9 Å². The molecule has 1 N–H and O–H groups in total. The van der Waals surface area contributed by atoms with Crippen molar-refractivity contribution in [1.29, 1.82) is 0 Å². The monoisotopic (exact) mass is 372 g/mol. The summed E-state index contributed by atoms with van der Waals surface area (Å²) in [6.45, 7) is 0. The summed E-state index contributed by atoms with van der Waals surface area (Å²) >= 11 is 0. The third kappa shape index (κ3) is 4.39. The Labute approximate surface area is 161 Å². The zero-order valence-electron chi connectivity index (χ0n) is 14.8. The van der Waals surface area contributed by atoms with Crippen LogP contribution < -0.4 is 10.1 Å². The van der Waals surface area contributed by atoms with Gasteiger partial charge in [-0.25, -0.2) is 4.98 Å². The normalized spacial score (nSPS) is 10.4. The van der Waals surface area contributed by atoms with Gasteiger partial charge in [0, 0.05) is 29.8 Å². The van der Waals surface area contributed by atoms with Crippen LogP contribution in [-0.4, -0.2) is 20.9 Å². The molecule has 1 aromatic carbocycles. The zero-order chi connectivity index (χ0) is 19.2. The van der Waals surface area contributed by atoms with Crippen molar-refractivity contribution in [3.8, 4) is 22.9 Å². The average molecular weight is 372 g/mol. The maximum Gasteiger partial charge on any atom is 0.230 e. The quantitative estimate of drug-likeness (QED) is 0.548. The largest absolute Gasteiger partial charge is 0.457 e. The summed E-state index contributed by atoms with van der Waals surface area (Å²) in [6.07, 6.45) is 6.41. The minimum absolute atomic E-state index is 0.126. The first-order valence-electron chi connectivity index (χ1n) is 8.58. The van der Waals surface area contributed by atoms with Gasteiger partial charge in [-0.1, -0.05) is 6.07 Å². The van der Waals surface area contributed by atoms with Crippen LogP contribution in [-0.2, 0) is 11.2 Å². The highest BCUT2D eigenvalue weighted by Crippen LogP contribution is 2.26. The van der Waals surface area contributed by atoms with Gasteiger partial charge >= 0.3 is 0 Å². The van der Waals surface area contributed by atoms with E-state index in [2.05, 4.69) is 20.3 Å². The number of aromatic nitrogens is 3. The van der Waals surface area contributed by atoms with E-state index in [9.17, 15) is 4.79 Å². The number of pyridine rings is 2. The summed E-state index contributed by atoms with van der Waals surface area (Å²) in [5.41, 5.74) is 2.70. The molecule has 4 aromatic rings. The fourth-order valence-corrected chi connectivity index (χ4v) is 2.57. The Morgan fingerprint density at radius 1 is 0.929 bits per heavy atom. The molecule has 0 bridgehead atoms. The molecule has 0 spiro atoms. The molecular weight excluding hydrogens is 356 g/mol. The number of benzene rings is 1. The Morgan fingerprint density at radius 3 is 2.57 bits per heavy atom. The van der Waals surface area contributed by atoms with Gasteiger partial charge in [0.05, 0.1) is 12.1 Å². The molecule has 138 valence electrons. The Kier molecular flexibility index (Phi) is 5.06. The van der Waals surface area contributed by atoms with Crippen molar-refractivity contribution in [2.45, 2.75) is 6.42 Å². The topological polar surface area (TPSA) is 90.1 Å². The van der Waals surface area contributed by atoms with Crippen LogP contribution in [0.25, 0.3) is 11.4 Å². The number of hydrogen-bond donors (Lipinski definition) is 1. The highest BCUT2D eigenvalue weighted by Gasteiger charge is 2.07. The number of amides is 1. The number of ether oxygens (including phenoxy) is 1. The molecule has 0 radical (unpaired) electrons. The van der Waals surface area contributed by atoms with Crippen LogP contribution in [0.15, 0.2) is 84.1 Å². The third-order valence-corrected chi connectivity index (χ3v) is 3.87. The van der Waals surface area contributed by atoms with Crippen LogP contribution in [0.2, 0.25) is 0 Å². The van der Waals surface area contributed by atoms with Gasteiger partial charge in [-0.2, -0.15) is 0 Å². The SMILES string of the molecule is O=C(Cc1ccccn1)Nc1ccc(Oc2ccnc(-c3cocn3)c2)cc1. The summed E-state index contributed by atoms with van der Waals surface area (Å²) in [7, 11) is 0. The van der Waals surface area contributed by atoms with Crippen molar-refractivity contribution in [1.82, 2.24) is 15.0 Å². The minimum atomic E-state index is -0.126. The van der Waals surface area contributed by atoms with E-state index in [1.165, 1.54) is 12.7 Å². The molecule has 0 aliphatic heterocycles. The Hall–Kier alpha value is -4.00. The number of carbonyl (C=O) groups is 1. The van der Waals surface area contributed by atoms with Crippen LogP contribution >= 0.6 is 0 Å². The molecule has 4 rings (SSSR count). The molecule has 0 aliphatic rings. The molecule has 0 unspecified atom stereocenters. The fraction of sp³-hybridized carbons (Fsp3) is 0.0476. The first kappa shape index (κ1) is 17.4. The summed E-state index contributed by atoms with van der Waals surface area (Å²) in [6, 6.07) is 16.2. The highest BCUT2D eigenvalue weighted by atomic mass is 16.5. The number of oxazole rings is 1. The van der Waals surface area contributed by atoms with Crippen molar-refractivity contribution in [2.24, 2.45) is 0 Å². The van der Waals surface area contributed by atoms with Crippen LogP contribution in [0.4, 0.5) is 5.69 Å². The number of nitrogens with zero attached hydrogens (tertiary/aromatic N) is 3. The smallest absolute Gasteiger partial charge is 0.230 e. The number of anilines is 1. The Morgan fingerprint density at radius 2 is 1.82 bits per heavy atom. The standard InChI is InChI=1S/C21H16N4O3/c26-21(11-16-3-1-2-9-22-16)25-15-4-6-17(7-5-15)28-18-8-10-23-19(12-18)20-13-27-14-24-20/h1-10,12-14H,11H2,(H,25,26). The maximum atomic E-state index is 12.1. The summed E-state index contributed by atoms with van der Waals surface area (Å²) in [5, 5.41) is 2.85. The maximum absolute atomic E-state index is 12.1. The third-order valence-electron chi connectivity index (χ3n) is 3.87. The lowest BCUT2D eigenvalue weighted by molar-refractivity contribution is -0.115. The van der Waals surface area contributed by atoms with Gasteiger partial charge in [0.25, 0.3) is 0 Å². The molecule has 3 heterocycles. The number of nitrogens with one attached hydrogen (secondary N) is 1. The molecule has 0 aliphatic carbocycles. The Balaban J connectivity index is 1.38. The molecule has 3 aromatic heterocycles. The summed E-state index contributed by atoms with van der Waals surface area (Å²) in [4.78, 5) is 24.6. The van der Waals surface area contributed by atoms with E-state index in [4.69, 9.17) is 9.15 Å². The predicted octanol–water partition coefficient (Wildman–Crippen LogP) is 4.11. The van der Waals surface area contributed by atoms with Crippen LogP contribution in [0.5, 0.6) is 11.5 Å². The van der Waals surface area contributed by atoms with Gasteiger partial charge in [-0.05, 0) is 42.5 Å². The molecule has 0 saturated heterocycles. The molecule has 1 amide bonds. The highest BCUT2D eigenvalue weighted by molar-refractivity contribution is 5.92. The van der Waals surface area contributed by atoms with Gasteiger partial charge in [-0.15, -0.1) is 0 Å². The zero-order valence-corrected chi connectivity index (χ0v) is 14.8. The second-order valence-electron chi connectivity index (χ2n) is 5.92. The van der Waals surface area contributed by atoms with Crippen molar-refractivity contribution in [3.63, 3.8) is 0 Å². The first-order valence-corrected chi connectivity index (χ1v) is 8.58. The molecule has 0 fully saturated rings. The van der Waals surface area contributed by atoms with E-state index >= 15 is 0 Å². The Bertz CT molecular complexity index is 1050. The number of rotatable bonds is 6. The average Bonchev–Trinajstić information content (AvgIpc) is 3.25. The molecule has 28 heavy (non-hydrogen) atoms. The van der Waals surface area contributed by atoms with Gasteiger partial charge in [0.1, 0.15) is 23.5 Å². The van der Waals surface area contributed by atoms with E-state index in [0.29, 0.717) is 28.6 Å². The number of hydrogen-bond acceptors (Lipinski definition) is 6. The summed E-state index contributed by atoms with van der Waals surface area (Å²) in [5.74, 6) is 1.14. The molecule has 7 heteroatoms.